The van der Waals surface area contributed by atoms with E-state index in [1.165, 1.54) is 24.0 Å². The minimum Gasteiger partial charge on any atom is -0.505 e. The number of nitro benzene ring substituents is 1. The van der Waals surface area contributed by atoms with Gasteiger partial charge >= 0.3 is 0 Å². The lowest BCUT2D eigenvalue weighted by Gasteiger charge is -2.08. The maximum Gasteiger partial charge on any atom is 0.297 e. The Morgan fingerprint density at radius 1 is 1.45 bits per heavy atom. The molecular formula is C10H10N4O5S. The molecule has 2 N–H and O–H groups in total. The monoisotopic (exact) mass is 298 g/mol. The molecule has 9 nitrogen and oxygen atoms in total. The molecule has 10 heteroatoms. The van der Waals surface area contributed by atoms with Gasteiger partial charge in [0.05, 0.1) is 11.1 Å². The Morgan fingerprint density at radius 3 is 2.70 bits per heavy atom. The van der Waals surface area contributed by atoms with E-state index in [9.17, 15) is 23.6 Å². The van der Waals surface area contributed by atoms with Crippen LogP contribution in [0.5, 0.6) is 5.75 Å². The van der Waals surface area contributed by atoms with Crippen LogP contribution >= 0.6 is 0 Å². The van der Waals surface area contributed by atoms with Crippen LogP contribution in [0.1, 0.15) is 0 Å². The molecule has 0 aliphatic rings. The van der Waals surface area contributed by atoms with E-state index in [0.29, 0.717) is 0 Å². The Morgan fingerprint density at radius 2 is 2.15 bits per heavy atom. The number of phenols is 1. The highest BCUT2D eigenvalue weighted by Gasteiger charge is 2.24. The molecule has 2 rings (SSSR count). The molecule has 0 bridgehead atoms. The molecule has 2 aromatic rings. The van der Waals surface area contributed by atoms with Gasteiger partial charge in [0.25, 0.3) is 15.7 Å². The maximum atomic E-state index is 12.0. The van der Waals surface area contributed by atoms with Gasteiger partial charge < -0.3 is 5.11 Å². The zero-order valence-electron chi connectivity index (χ0n) is 10.2. The number of nitrogens with one attached hydrogen (secondary N) is 1. The second kappa shape index (κ2) is 4.81. The van der Waals surface area contributed by atoms with Crippen molar-refractivity contribution in [2.75, 3.05) is 4.72 Å². The summed E-state index contributed by atoms with van der Waals surface area (Å²) >= 11 is 0. The van der Waals surface area contributed by atoms with Gasteiger partial charge in [-0.15, -0.1) is 0 Å². The van der Waals surface area contributed by atoms with Crippen molar-refractivity contribution in [3.05, 3.63) is 40.7 Å². The van der Waals surface area contributed by atoms with Crippen LogP contribution in [0.2, 0.25) is 0 Å². The van der Waals surface area contributed by atoms with Crippen LogP contribution in [0.3, 0.4) is 0 Å². The highest BCUT2D eigenvalue weighted by Crippen LogP contribution is 2.34. The third kappa shape index (κ3) is 2.54. The van der Waals surface area contributed by atoms with Crippen molar-refractivity contribution in [2.24, 2.45) is 7.05 Å². The molecule has 0 atom stereocenters. The van der Waals surface area contributed by atoms with E-state index < -0.39 is 32.1 Å². The van der Waals surface area contributed by atoms with Crippen molar-refractivity contribution < 1.29 is 18.4 Å². The van der Waals surface area contributed by atoms with E-state index in [2.05, 4.69) is 5.10 Å². The van der Waals surface area contributed by atoms with Crippen LogP contribution in [0, 0.1) is 10.1 Å². The first-order chi connectivity index (χ1) is 9.31. The van der Waals surface area contributed by atoms with Crippen LogP contribution in [0.15, 0.2) is 35.5 Å². The molecule has 0 radical (unpaired) electrons. The van der Waals surface area contributed by atoms with Gasteiger partial charge in [-0.2, -0.15) is 5.10 Å². The minimum atomic E-state index is -4.07. The van der Waals surface area contributed by atoms with Crippen molar-refractivity contribution in [2.45, 2.75) is 4.90 Å². The molecule has 20 heavy (non-hydrogen) atoms. The summed E-state index contributed by atoms with van der Waals surface area (Å²) in [4.78, 5) is 9.88. The molecule has 106 valence electrons. The van der Waals surface area contributed by atoms with E-state index >= 15 is 0 Å². The van der Waals surface area contributed by atoms with E-state index in [1.807, 2.05) is 4.72 Å². The molecule has 0 fully saturated rings. The molecule has 1 aromatic heterocycles. The van der Waals surface area contributed by atoms with Gasteiger partial charge in [0.2, 0.25) is 0 Å². The number of anilines is 1. The third-order valence-electron chi connectivity index (χ3n) is 2.45. The van der Waals surface area contributed by atoms with E-state index in [4.69, 9.17) is 0 Å². The number of para-hydroxylation sites is 1. The molecule has 0 amide bonds. The molecule has 1 aromatic carbocycles. The number of nitro groups is 1. The second-order valence-corrected chi connectivity index (χ2v) is 5.57. The largest absolute Gasteiger partial charge is 0.505 e. The number of benzene rings is 1. The number of sulfonamides is 1. The molecule has 0 aliphatic carbocycles. The van der Waals surface area contributed by atoms with E-state index in [0.717, 1.165) is 18.3 Å². The van der Waals surface area contributed by atoms with Crippen LogP contribution in [0.4, 0.5) is 11.4 Å². The number of phenolic OH excluding ortho intramolecular Hbond substituents is 1. The molecule has 1 heterocycles. The first-order valence-corrected chi connectivity index (χ1v) is 6.77. The van der Waals surface area contributed by atoms with Crippen molar-refractivity contribution in [1.29, 1.82) is 0 Å². The summed E-state index contributed by atoms with van der Waals surface area (Å²) in [5.74, 6) is -0.535. The molecule has 0 aliphatic heterocycles. The first kappa shape index (κ1) is 13.8. The fourth-order valence-electron chi connectivity index (χ4n) is 1.52. The average Bonchev–Trinajstić information content (AvgIpc) is 2.79. The fraction of sp³-hybridized carbons (Fsp3) is 0.100. The van der Waals surface area contributed by atoms with E-state index in [1.54, 1.807) is 0 Å². The average molecular weight is 298 g/mol. The summed E-state index contributed by atoms with van der Waals surface area (Å²) in [7, 11) is -2.54. The van der Waals surface area contributed by atoms with Crippen molar-refractivity contribution in [3.63, 3.8) is 0 Å². The smallest absolute Gasteiger partial charge is 0.297 e. The lowest BCUT2D eigenvalue weighted by molar-refractivity contribution is -0.383. The van der Waals surface area contributed by atoms with Gasteiger partial charge in [-0.3, -0.25) is 19.5 Å². The fourth-order valence-corrected chi connectivity index (χ4v) is 2.59. The summed E-state index contributed by atoms with van der Waals surface area (Å²) < 4.78 is 27.4. The minimum absolute atomic E-state index is 0.169. The normalized spacial score (nSPS) is 11.2. The van der Waals surface area contributed by atoms with Crippen molar-refractivity contribution in [3.8, 4) is 5.75 Å². The van der Waals surface area contributed by atoms with Gasteiger partial charge in [0, 0.05) is 19.3 Å². The first-order valence-electron chi connectivity index (χ1n) is 5.29. The molecule has 0 spiro atoms. The number of nitrogens with zero attached hydrogens (tertiary/aromatic N) is 3. The van der Waals surface area contributed by atoms with Gasteiger partial charge in [-0.1, -0.05) is 6.07 Å². The summed E-state index contributed by atoms with van der Waals surface area (Å²) in [5.41, 5.74) is -1.03. The SMILES string of the molecule is Cn1cc(S(=O)(=O)Nc2c(O)cccc2[N+](=O)[O-])cn1. The Labute approximate surface area is 113 Å². The molecular weight excluding hydrogens is 288 g/mol. The van der Waals surface area contributed by atoms with E-state index in [-0.39, 0.29) is 4.90 Å². The van der Waals surface area contributed by atoms with Gasteiger partial charge in [-0.05, 0) is 6.07 Å². The number of hydrogen-bond donors (Lipinski definition) is 2. The maximum absolute atomic E-state index is 12.0. The number of aryl methyl sites for hydroxylation is 1. The van der Waals surface area contributed by atoms with Gasteiger partial charge in [0.15, 0.2) is 5.69 Å². The Bertz CT molecular complexity index is 768. The standard InChI is InChI=1S/C10H10N4O5S/c1-13-6-7(5-11-13)20(18,19)12-10-8(14(16)17)3-2-4-9(10)15/h2-6,12,15H,1H3. The number of aromatic nitrogens is 2. The van der Waals surface area contributed by atoms with Gasteiger partial charge in [0.1, 0.15) is 10.6 Å². The van der Waals surface area contributed by atoms with Crippen LogP contribution in [-0.2, 0) is 17.1 Å². The molecule has 0 saturated heterocycles. The number of aromatic hydroxyl groups is 1. The van der Waals surface area contributed by atoms with Crippen LogP contribution in [0.25, 0.3) is 0 Å². The Kier molecular flexibility index (Phi) is 3.32. The van der Waals surface area contributed by atoms with Crippen molar-refractivity contribution >= 4 is 21.4 Å². The highest BCUT2D eigenvalue weighted by atomic mass is 32.2. The number of hydrogen-bond acceptors (Lipinski definition) is 6. The predicted molar refractivity (Wildman–Crippen MR) is 68.8 cm³/mol. The Hall–Kier alpha value is -2.62. The van der Waals surface area contributed by atoms with Gasteiger partial charge in [-0.25, -0.2) is 8.42 Å². The lowest BCUT2D eigenvalue weighted by Crippen LogP contribution is -2.13. The Balaban J connectivity index is 2.47. The topological polar surface area (TPSA) is 127 Å². The molecule has 0 saturated carbocycles. The molecule has 0 unspecified atom stereocenters. The zero-order chi connectivity index (χ0) is 14.9. The van der Waals surface area contributed by atoms with Crippen LogP contribution in [-0.4, -0.2) is 28.2 Å². The summed E-state index contributed by atoms with van der Waals surface area (Å²) in [5, 5.41) is 24.2. The summed E-state index contributed by atoms with van der Waals surface area (Å²) in [6.07, 6.45) is 2.32. The summed E-state index contributed by atoms with van der Waals surface area (Å²) in [6.45, 7) is 0. The predicted octanol–water partition coefficient (Wildman–Crippen LogP) is 0.835. The second-order valence-electron chi connectivity index (χ2n) is 3.88. The van der Waals surface area contributed by atoms with Crippen molar-refractivity contribution in [1.82, 2.24) is 9.78 Å². The lowest BCUT2D eigenvalue weighted by atomic mass is 10.2. The summed E-state index contributed by atoms with van der Waals surface area (Å²) in [6, 6.07) is 3.48. The quantitative estimate of drug-likeness (QED) is 0.489. The third-order valence-corrected chi connectivity index (χ3v) is 3.75. The number of rotatable bonds is 4. The zero-order valence-corrected chi connectivity index (χ0v) is 11.0. The van der Waals surface area contributed by atoms with Crippen LogP contribution < -0.4 is 4.72 Å². The highest BCUT2D eigenvalue weighted by molar-refractivity contribution is 7.92.